The second-order valence-corrected chi connectivity index (χ2v) is 8.86. The maximum absolute atomic E-state index is 13.0. The van der Waals surface area contributed by atoms with Crippen LogP contribution in [0.3, 0.4) is 0 Å². The van der Waals surface area contributed by atoms with Crippen molar-refractivity contribution >= 4 is 27.3 Å². The molecule has 0 aliphatic carbocycles. The van der Waals surface area contributed by atoms with Crippen molar-refractivity contribution in [2.75, 3.05) is 37.1 Å². The number of hydrogen-bond acceptors (Lipinski definition) is 5. The lowest BCUT2D eigenvalue weighted by atomic mass is 10.0. The van der Waals surface area contributed by atoms with Crippen LogP contribution in [0.25, 0.3) is 11.1 Å². The van der Waals surface area contributed by atoms with E-state index in [4.69, 9.17) is 9.47 Å². The summed E-state index contributed by atoms with van der Waals surface area (Å²) in [6.07, 6.45) is 1.11. The molecule has 1 amide bonds. The number of carbonyl (C=O) groups is 1. The van der Waals surface area contributed by atoms with Crippen molar-refractivity contribution in [1.29, 1.82) is 0 Å². The molecule has 0 heterocycles. The Morgan fingerprint density at radius 3 is 2.16 bits per heavy atom. The summed E-state index contributed by atoms with van der Waals surface area (Å²) in [4.78, 5) is 13.0. The van der Waals surface area contributed by atoms with E-state index >= 15 is 0 Å². The number of nitrogens with zero attached hydrogens (tertiary/aromatic N) is 1. The Balaban J connectivity index is 2.06. The number of benzene rings is 3. The van der Waals surface area contributed by atoms with Gasteiger partial charge in [0.1, 0.15) is 11.5 Å². The number of hydrogen-bond donors (Lipinski definition) is 1. The van der Waals surface area contributed by atoms with E-state index in [1.165, 1.54) is 14.2 Å². The summed E-state index contributed by atoms with van der Waals surface area (Å²) in [5, 5.41) is 2.84. The summed E-state index contributed by atoms with van der Waals surface area (Å²) in [5.74, 6) is 0.735. The third-order valence-corrected chi connectivity index (χ3v) is 6.05. The lowest BCUT2D eigenvalue weighted by Crippen LogP contribution is -2.26. The minimum Gasteiger partial charge on any atom is -0.497 e. The molecule has 1 N–H and O–H groups in total. The van der Waals surface area contributed by atoms with E-state index in [-0.39, 0.29) is 0 Å². The van der Waals surface area contributed by atoms with E-state index in [2.05, 4.69) is 5.32 Å². The molecule has 31 heavy (non-hydrogen) atoms. The van der Waals surface area contributed by atoms with Crippen LogP contribution < -0.4 is 19.1 Å². The molecule has 7 nitrogen and oxygen atoms in total. The number of para-hydroxylation sites is 1. The van der Waals surface area contributed by atoms with Crippen molar-refractivity contribution in [3.8, 4) is 22.6 Å². The van der Waals surface area contributed by atoms with Gasteiger partial charge in [-0.25, -0.2) is 8.42 Å². The summed E-state index contributed by atoms with van der Waals surface area (Å²) >= 11 is 0. The fraction of sp³-hybridized carbons (Fsp3) is 0.174. The Hall–Kier alpha value is -3.52. The average Bonchev–Trinajstić information content (AvgIpc) is 2.78. The van der Waals surface area contributed by atoms with Gasteiger partial charge in [-0.3, -0.25) is 9.10 Å². The standard InChI is InChI=1S/C23H24N2O5S/c1-25(31(4,27)28)21-14-11-17(16-9-12-18(29-2)13-10-16)15-20(21)24-23(26)19-7-5-6-8-22(19)30-3/h5-15H,1-4H3,(H,24,26). The number of nitrogens with one attached hydrogen (secondary N) is 1. The molecule has 0 radical (unpaired) electrons. The highest BCUT2D eigenvalue weighted by atomic mass is 32.2. The fourth-order valence-corrected chi connectivity index (χ4v) is 3.59. The van der Waals surface area contributed by atoms with E-state index in [9.17, 15) is 13.2 Å². The van der Waals surface area contributed by atoms with Crippen LogP contribution in [0.2, 0.25) is 0 Å². The third-order valence-electron chi connectivity index (χ3n) is 4.86. The van der Waals surface area contributed by atoms with Gasteiger partial charge >= 0.3 is 0 Å². The summed E-state index contributed by atoms with van der Waals surface area (Å²) in [7, 11) is 0.983. The zero-order valence-electron chi connectivity index (χ0n) is 17.7. The molecular weight excluding hydrogens is 416 g/mol. The molecule has 0 aliphatic heterocycles. The molecule has 3 rings (SSSR count). The van der Waals surface area contributed by atoms with Gasteiger partial charge in [-0.1, -0.05) is 30.3 Å². The van der Waals surface area contributed by atoms with E-state index in [1.807, 2.05) is 24.3 Å². The third kappa shape index (κ3) is 4.97. The first-order valence-corrected chi connectivity index (χ1v) is 11.3. The molecule has 0 atom stereocenters. The minimum absolute atomic E-state index is 0.341. The first-order valence-electron chi connectivity index (χ1n) is 9.41. The Kier molecular flexibility index (Phi) is 6.50. The van der Waals surface area contributed by atoms with Crippen LogP contribution in [0.1, 0.15) is 10.4 Å². The monoisotopic (exact) mass is 440 g/mol. The molecule has 0 aliphatic rings. The van der Waals surface area contributed by atoms with E-state index in [0.29, 0.717) is 22.7 Å². The van der Waals surface area contributed by atoms with Gasteiger partial charge < -0.3 is 14.8 Å². The van der Waals surface area contributed by atoms with Crippen molar-refractivity contribution in [2.45, 2.75) is 0 Å². The first-order chi connectivity index (χ1) is 14.7. The normalized spacial score (nSPS) is 11.0. The van der Waals surface area contributed by atoms with Gasteiger partial charge in [0, 0.05) is 7.05 Å². The smallest absolute Gasteiger partial charge is 0.259 e. The van der Waals surface area contributed by atoms with E-state index in [0.717, 1.165) is 27.4 Å². The summed E-state index contributed by atoms with van der Waals surface area (Å²) in [5.41, 5.74) is 2.75. The van der Waals surface area contributed by atoms with Crippen LogP contribution in [-0.4, -0.2) is 41.8 Å². The summed E-state index contributed by atoms with van der Waals surface area (Å²) in [6, 6.07) is 19.5. The summed E-state index contributed by atoms with van der Waals surface area (Å²) in [6.45, 7) is 0. The Morgan fingerprint density at radius 2 is 1.55 bits per heavy atom. The molecule has 0 bridgehead atoms. The second-order valence-electron chi connectivity index (χ2n) is 6.85. The molecule has 0 unspecified atom stereocenters. The molecule has 0 aromatic heterocycles. The number of carbonyl (C=O) groups excluding carboxylic acids is 1. The Morgan fingerprint density at radius 1 is 0.903 bits per heavy atom. The maximum atomic E-state index is 13.0. The van der Waals surface area contributed by atoms with E-state index < -0.39 is 15.9 Å². The summed E-state index contributed by atoms with van der Waals surface area (Å²) < 4.78 is 35.9. The zero-order valence-corrected chi connectivity index (χ0v) is 18.6. The lowest BCUT2D eigenvalue weighted by molar-refractivity contribution is 0.102. The molecule has 0 saturated carbocycles. The van der Waals surface area contributed by atoms with Crippen LogP contribution in [-0.2, 0) is 10.0 Å². The average molecular weight is 441 g/mol. The van der Waals surface area contributed by atoms with Crippen molar-refractivity contribution in [1.82, 2.24) is 0 Å². The highest BCUT2D eigenvalue weighted by Gasteiger charge is 2.20. The van der Waals surface area contributed by atoms with Crippen molar-refractivity contribution < 1.29 is 22.7 Å². The predicted molar refractivity (Wildman–Crippen MR) is 123 cm³/mol. The first kappa shape index (κ1) is 22.2. The van der Waals surface area contributed by atoms with Gasteiger partial charge in [0.15, 0.2) is 0 Å². The molecule has 0 saturated heterocycles. The molecule has 0 spiro atoms. The second kappa shape index (κ2) is 9.09. The van der Waals surface area contributed by atoms with Gasteiger partial charge in [-0.05, 0) is 47.5 Å². The quantitative estimate of drug-likeness (QED) is 0.600. The predicted octanol–water partition coefficient (Wildman–Crippen LogP) is 4.02. The van der Waals surface area contributed by atoms with Gasteiger partial charge in [0.2, 0.25) is 10.0 Å². The Bertz CT molecular complexity index is 1190. The molecule has 8 heteroatoms. The van der Waals surface area contributed by atoms with Crippen LogP contribution >= 0.6 is 0 Å². The van der Waals surface area contributed by atoms with Crippen molar-refractivity contribution in [2.24, 2.45) is 0 Å². The molecule has 0 fully saturated rings. The number of ether oxygens (including phenoxy) is 2. The molecular formula is C23H24N2O5S. The van der Waals surface area contributed by atoms with E-state index in [1.54, 1.807) is 49.6 Å². The number of amides is 1. The lowest BCUT2D eigenvalue weighted by Gasteiger charge is -2.22. The topological polar surface area (TPSA) is 84.9 Å². The van der Waals surface area contributed by atoms with Crippen LogP contribution in [0.4, 0.5) is 11.4 Å². The maximum Gasteiger partial charge on any atom is 0.259 e. The Labute approximate surface area is 182 Å². The van der Waals surface area contributed by atoms with Gasteiger partial charge in [0.05, 0.1) is 37.4 Å². The van der Waals surface area contributed by atoms with Gasteiger partial charge in [-0.2, -0.15) is 0 Å². The van der Waals surface area contributed by atoms with Crippen molar-refractivity contribution in [3.63, 3.8) is 0 Å². The van der Waals surface area contributed by atoms with Crippen LogP contribution in [0, 0.1) is 0 Å². The molecule has 3 aromatic rings. The number of sulfonamides is 1. The minimum atomic E-state index is -3.54. The highest BCUT2D eigenvalue weighted by Crippen LogP contribution is 2.33. The zero-order chi connectivity index (χ0) is 22.6. The molecule has 162 valence electrons. The SMILES string of the molecule is COc1ccc(-c2ccc(N(C)S(C)(=O)=O)c(NC(=O)c3ccccc3OC)c2)cc1. The highest BCUT2D eigenvalue weighted by molar-refractivity contribution is 7.92. The fourth-order valence-electron chi connectivity index (χ4n) is 3.07. The molecule has 3 aromatic carbocycles. The van der Waals surface area contributed by atoms with Gasteiger partial charge in [-0.15, -0.1) is 0 Å². The van der Waals surface area contributed by atoms with Crippen LogP contribution in [0.15, 0.2) is 66.7 Å². The number of anilines is 2. The largest absolute Gasteiger partial charge is 0.497 e. The number of rotatable bonds is 7. The number of methoxy groups -OCH3 is 2. The van der Waals surface area contributed by atoms with Crippen molar-refractivity contribution in [3.05, 3.63) is 72.3 Å². The van der Waals surface area contributed by atoms with Crippen LogP contribution in [0.5, 0.6) is 11.5 Å². The van der Waals surface area contributed by atoms with Gasteiger partial charge in [0.25, 0.3) is 5.91 Å².